The van der Waals surface area contributed by atoms with Crippen LogP contribution in [0.5, 0.6) is 0 Å². The molecule has 0 atom stereocenters. The molecule has 3 saturated heterocycles. The largest absolute Gasteiger partial charge is 0.465 e. The zero-order valence-corrected chi connectivity index (χ0v) is 24.5. The molecule has 3 heterocycles. The number of carbonyl (C=O) groups is 2. The van der Waals surface area contributed by atoms with Gasteiger partial charge in [-0.1, -0.05) is 27.7 Å². The first-order valence-corrected chi connectivity index (χ1v) is 13.7. The minimum absolute atomic E-state index is 0.0168. The molecule has 0 aromatic heterocycles. The van der Waals surface area contributed by atoms with Crippen LogP contribution >= 0.6 is 0 Å². The van der Waals surface area contributed by atoms with Crippen LogP contribution in [0.3, 0.4) is 0 Å². The Morgan fingerprint density at radius 3 is 1.74 bits per heavy atom. The molecule has 38 heavy (non-hydrogen) atoms. The van der Waals surface area contributed by atoms with Gasteiger partial charge in [0.05, 0.1) is 51.3 Å². The molecule has 0 bridgehead atoms. The molecule has 0 aromatic rings. The molecule has 0 amide bonds. The lowest BCUT2D eigenvalue weighted by molar-refractivity contribution is -0.337. The lowest BCUT2D eigenvalue weighted by Gasteiger charge is -2.48. The molecular weight excluding hydrogens is 494 g/mol. The van der Waals surface area contributed by atoms with Crippen LogP contribution in [0.25, 0.3) is 0 Å². The quantitative estimate of drug-likeness (QED) is 0.420. The molecule has 1 spiro atoms. The summed E-state index contributed by atoms with van der Waals surface area (Å²) in [5.74, 6) is -0.842. The minimum atomic E-state index is -0.595. The van der Waals surface area contributed by atoms with Gasteiger partial charge in [-0.2, -0.15) is 0 Å². The van der Waals surface area contributed by atoms with Crippen molar-refractivity contribution in [2.75, 3.05) is 39.6 Å². The van der Waals surface area contributed by atoms with E-state index in [2.05, 4.69) is 33.0 Å². The lowest BCUT2D eigenvalue weighted by Crippen LogP contribution is -2.59. The van der Waals surface area contributed by atoms with Gasteiger partial charge in [0.2, 0.25) is 0 Å². The van der Waals surface area contributed by atoms with E-state index in [-0.39, 0.29) is 49.2 Å². The summed E-state index contributed by atoms with van der Waals surface area (Å²) in [6.45, 7) is 17.6. The Kier molecular flexibility index (Phi) is 9.59. The molecule has 0 unspecified atom stereocenters. The number of nitrogens with one attached hydrogen (secondary N) is 1. The Balaban J connectivity index is 1.37. The number of piperidine rings is 1. The second kappa shape index (κ2) is 11.7. The van der Waals surface area contributed by atoms with Gasteiger partial charge >= 0.3 is 11.9 Å². The predicted molar refractivity (Wildman–Crippen MR) is 139 cm³/mol. The fraction of sp³-hybridized carbons (Fsp3) is 0.929. The number of rotatable bonds is 9. The smallest absolute Gasteiger partial charge is 0.306 e. The van der Waals surface area contributed by atoms with Crippen molar-refractivity contribution < 1.29 is 43.1 Å². The number of hydrogen-bond donors (Lipinski definition) is 2. The van der Waals surface area contributed by atoms with Gasteiger partial charge in [0.1, 0.15) is 12.7 Å². The second-order valence-corrected chi connectivity index (χ2v) is 14.1. The van der Waals surface area contributed by atoms with Gasteiger partial charge in [-0.25, -0.2) is 0 Å². The predicted octanol–water partition coefficient (Wildman–Crippen LogP) is 2.94. The van der Waals surface area contributed by atoms with Crippen LogP contribution in [-0.4, -0.2) is 86.4 Å². The van der Waals surface area contributed by atoms with E-state index in [4.69, 9.17) is 28.4 Å². The number of carbonyl (C=O) groups excluding carboxylic acids is 2. The molecule has 0 radical (unpaired) electrons. The first-order chi connectivity index (χ1) is 17.5. The van der Waals surface area contributed by atoms with Crippen LogP contribution in [0.2, 0.25) is 0 Å². The Morgan fingerprint density at radius 2 is 1.26 bits per heavy atom. The summed E-state index contributed by atoms with van der Waals surface area (Å²) in [5.41, 5.74) is -1.76. The van der Waals surface area contributed by atoms with Gasteiger partial charge < -0.3 is 38.8 Å². The fourth-order valence-electron chi connectivity index (χ4n) is 5.50. The third-order valence-corrected chi connectivity index (χ3v) is 7.44. The highest BCUT2D eigenvalue weighted by Gasteiger charge is 2.48. The molecule has 0 aromatic carbocycles. The highest BCUT2D eigenvalue weighted by Crippen LogP contribution is 2.38. The first kappa shape index (κ1) is 31.2. The molecule has 0 saturated carbocycles. The number of ether oxygens (including phenoxy) is 6. The molecule has 3 aliphatic rings. The van der Waals surface area contributed by atoms with Crippen molar-refractivity contribution in [1.82, 2.24) is 5.32 Å². The van der Waals surface area contributed by atoms with E-state index in [0.717, 1.165) is 12.8 Å². The van der Waals surface area contributed by atoms with Gasteiger partial charge in [0.15, 0.2) is 12.6 Å². The Morgan fingerprint density at radius 1 is 0.816 bits per heavy atom. The van der Waals surface area contributed by atoms with Crippen molar-refractivity contribution in [2.45, 2.75) is 111 Å². The fourth-order valence-corrected chi connectivity index (χ4v) is 5.50. The van der Waals surface area contributed by atoms with Crippen LogP contribution in [0.15, 0.2) is 0 Å². The third-order valence-electron chi connectivity index (χ3n) is 7.44. The molecule has 10 nitrogen and oxygen atoms in total. The van der Waals surface area contributed by atoms with Gasteiger partial charge in [-0.05, 0) is 27.7 Å². The van der Waals surface area contributed by atoms with Crippen molar-refractivity contribution in [3.05, 3.63) is 0 Å². The molecule has 220 valence electrons. The van der Waals surface area contributed by atoms with E-state index in [0.29, 0.717) is 26.4 Å². The SMILES string of the molecule is CC1(C)CC(OC(=O)CCC(=O)OCC(C)(C)C2OCC3(COC(C(C)(C)CO)OC3)CO2)CC(C)(C)N1. The number of esters is 2. The second-order valence-electron chi connectivity index (χ2n) is 14.1. The van der Waals surface area contributed by atoms with Gasteiger partial charge in [-0.15, -0.1) is 0 Å². The van der Waals surface area contributed by atoms with Crippen LogP contribution in [0.4, 0.5) is 0 Å². The van der Waals surface area contributed by atoms with Crippen LogP contribution < -0.4 is 5.32 Å². The summed E-state index contributed by atoms with van der Waals surface area (Å²) >= 11 is 0. The van der Waals surface area contributed by atoms with Crippen LogP contribution in [-0.2, 0) is 38.0 Å². The molecular formula is C28H49NO9. The topological polar surface area (TPSA) is 122 Å². The maximum absolute atomic E-state index is 12.4. The molecule has 0 aliphatic carbocycles. The maximum Gasteiger partial charge on any atom is 0.306 e. The zero-order chi connectivity index (χ0) is 28.4. The Hall–Kier alpha value is -1.30. The Bertz CT molecular complexity index is 804. The van der Waals surface area contributed by atoms with E-state index >= 15 is 0 Å². The molecule has 2 N–H and O–H groups in total. The van der Waals surface area contributed by atoms with E-state index < -0.39 is 34.8 Å². The van der Waals surface area contributed by atoms with Crippen molar-refractivity contribution in [3.63, 3.8) is 0 Å². The molecule has 3 fully saturated rings. The first-order valence-electron chi connectivity index (χ1n) is 13.7. The maximum atomic E-state index is 12.4. The lowest BCUT2D eigenvalue weighted by atomic mass is 9.81. The summed E-state index contributed by atoms with van der Waals surface area (Å²) in [7, 11) is 0. The zero-order valence-electron chi connectivity index (χ0n) is 24.5. The Labute approximate surface area is 227 Å². The third kappa shape index (κ3) is 8.35. The summed E-state index contributed by atoms with van der Waals surface area (Å²) in [6.07, 6.45) is 0.164. The normalized spacial score (nSPS) is 30.1. The van der Waals surface area contributed by atoms with E-state index in [1.54, 1.807) is 0 Å². The van der Waals surface area contributed by atoms with Crippen LogP contribution in [0, 0.1) is 16.2 Å². The number of aliphatic hydroxyl groups excluding tert-OH is 1. The van der Waals surface area contributed by atoms with E-state index in [1.807, 2.05) is 27.7 Å². The summed E-state index contributed by atoms with van der Waals surface area (Å²) in [5, 5.41) is 13.1. The van der Waals surface area contributed by atoms with Gasteiger partial charge in [0.25, 0.3) is 0 Å². The highest BCUT2D eigenvalue weighted by molar-refractivity contribution is 5.77. The average Bonchev–Trinajstić information content (AvgIpc) is 2.80. The summed E-state index contributed by atoms with van der Waals surface area (Å²) in [4.78, 5) is 24.8. The number of hydrogen-bond acceptors (Lipinski definition) is 10. The van der Waals surface area contributed by atoms with Crippen LogP contribution in [0.1, 0.15) is 81.1 Å². The minimum Gasteiger partial charge on any atom is -0.465 e. The van der Waals surface area contributed by atoms with Crippen molar-refractivity contribution in [2.24, 2.45) is 16.2 Å². The average molecular weight is 544 g/mol. The van der Waals surface area contributed by atoms with E-state index in [9.17, 15) is 14.7 Å². The monoisotopic (exact) mass is 543 g/mol. The van der Waals surface area contributed by atoms with Crippen molar-refractivity contribution in [3.8, 4) is 0 Å². The standard InChI is InChI=1S/C28H49NO9/c1-24(2,13-30)22-34-15-28(16-35-22)17-36-23(37-18-28)25(3,4)14-33-20(31)9-10-21(32)38-19-11-26(5,6)29-27(7,8)12-19/h19,22-23,29-30H,9-18H2,1-8H3. The van der Waals surface area contributed by atoms with Gasteiger partial charge in [-0.3, -0.25) is 9.59 Å². The van der Waals surface area contributed by atoms with Crippen molar-refractivity contribution in [1.29, 1.82) is 0 Å². The summed E-state index contributed by atoms with van der Waals surface area (Å²) in [6, 6.07) is 0. The van der Waals surface area contributed by atoms with Gasteiger partial charge in [0, 0.05) is 34.7 Å². The molecule has 3 aliphatic heterocycles. The van der Waals surface area contributed by atoms with Crippen molar-refractivity contribution >= 4 is 11.9 Å². The summed E-state index contributed by atoms with van der Waals surface area (Å²) < 4.78 is 35.0. The van der Waals surface area contributed by atoms with E-state index in [1.165, 1.54) is 0 Å². The molecule has 10 heteroatoms. The number of aliphatic hydroxyl groups is 1. The highest BCUT2D eigenvalue weighted by atomic mass is 16.7. The molecule has 3 rings (SSSR count).